The van der Waals surface area contributed by atoms with Gasteiger partial charge < -0.3 is 67.8 Å². The predicted molar refractivity (Wildman–Crippen MR) is 130 cm³/mol. The molecule has 15 nitrogen and oxygen atoms in total. The largest absolute Gasteiger partial charge is 0.509 e. The average Bonchev–Trinajstić information content (AvgIpc) is 2.91. The second kappa shape index (κ2) is 30.3. The standard InChI is InChI=1S/C23H46O15/c24-1-5-29-9-13-33-17-21(18-34-14-10-30-6-2-25)37-23(28)38-22(19-35-15-11-31-7-3-26)20-36-16-12-32-8-4-27/h21-22,24-27H,1-20H2. The molecule has 0 fully saturated rings. The number of hydrogen-bond donors (Lipinski definition) is 4. The van der Waals surface area contributed by atoms with Crippen LogP contribution >= 0.6 is 0 Å². The van der Waals surface area contributed by atoms with E-state index in [0.29, 0.717) is 0 Å². The molecule has 0 unspecified atom stereocenters. The zero-order chi connectivity index (χ0) is 27.9. The lowest BCUT2D eigenvalue weighted by molar-refractivity contribution is -0.0933. The third-order valence-electron chi connectivity index (χ3n) is 4.17. The van der Waals surface area contributed by atoms with Gasteiger partial charge in [0.05, 0.1) is 132 Å². The molecule has 0 radical (unpaired) electrons. The van der Waals surface area contributed by atoms with Gasteiger partial charge in [-0.05, 0) is 0 Å². The summed E-state index contributed by atoms with van der Waals surface area (Å²) < 4.78 is 53.1. The molecule has 0 aromatic rings. The Kier molecular flexibility index (Phi) is 29.4. The molecule has 0 heterocycles. The Morgan fingerprint density at radius 3 is 0.868 bits per heavy atom. The zero-order valence-electron chi connectivity index (χ0n) is 22.1. The van der Waals surface area contributed by atoms with Gasteiger partial charge in [0.1, 0.15) is 0 Å². The van der Waals surface area contributed by atoms with E-state index in [4.69, 9.17) is 67.8 Å². The molecular weight excluding hydrogens is 516 g/mol. The van der Waals surface area contributed by atoms with Crippen LogP contribution < -0.4 is 0 Å². The van der Waals surface area contributed by atoms with Crippen molar-refractivity contribution in [3.63, 3.8) is 0 Å². The lowest BCUT2D eigenvalue weighted by atomic mass is 10.4. The smallest absolute Gasteiger partial charge is 0.426 e. The van der Waals surface area contributed by atoms with Crippen LogP contribution in [-0.2, 0) is 47.4 Å². The van der Waals surface area contributed by atoms with Gasteiger partial charge in [-0.25, -0.2) is 4.79 Å². The number of aliphatic hydroxyl groups excluding tert-OH is 4. The third-order valence-corrected chi connectivity index (χ3v) is 4.17. The van der Waals surface area contributed by atoms with E-state index in [2.05, 4.69) is 0 Å². The monoisotopic (exact) mass is 562 g/mol. The Hall–Kier alpha value is -1.21. The average molecular weight is 563 g/mol. The van der Waals surface area contributed by atoms with Crippen molar-refractivity contribution in [3.05, 3.63) is 0 Å². The van der Waals surface area contributed by atoms with Gasteiger partial charge in [-0.3, -0.25) is 0 Å². The highest BCUT2D eigenvalue weighted by molar-refractivity contribution is 5.60. The van der Waals surface area contributed by atoms with E-state index < -0.39 is 18.4 Å². The van der Waals surface area contributed by atoms with Gasteiger partial charge in [0, 0.05) is 0 Å². The SMILES string of the molecule is O=C(OC(COCCOCCO)COCCOCCO)OC(COCCOCCO)COCCOCCO. The number of carbonyl (C=O) groups excluding carboxylic acids is 1. The van der Waals surface area contributed by atoms with Crippen molar-refractivity contribution in [2.75, 3.05) is 132 Å². The summed E-state index contributed by atoms with van der Waals surface area (Å²) in [4.78, 5) is 12.5. The maximum Gasteiger partial charge on any atom is 0.509 e. The number of carbonyl (C=O) groups is 1. The van der Waals surface area contributed by atoms with E-state index in [9.17, 15) is 4.79 Å². The van der Waals surface area contributed by atoms with E-state index in [1.165, 1.54) is 0 Å². The molecule has 4 N–H and O–H groups in total. The molecule has 0 aliphatic rings. The fourth-order valence-corrected chi connectivity index (χ4v) is 2.53. The molecular formula is C23H46O15. The molecule has 0 aliphatic carbocycles. The first-order chi connectivity index (χ1) is 18.7. The van der Waals surface area contributed by atoms with Gasteiger partial charge in [-0.1, -0.05) is 0 Å². The number of aliphatic hydroxyl groups is 4. The van der Waals surface area contributed by atoms with E-state index >= 15 is 0 Å². The summed E-state index contributed by atoms with van der Waals surface area (Å²) in [5.74, 6) is 0. The summed E-state index contributed by atoms with van der Waals surface area (Å²) >= 11 is 0. The van der Waals surface area contributed by atoms with Crippen molar-refractivity contribution in [2.45, 2.75) is 12.2 Å². The van der Waals surface area contributed by atoms with Gasteiger partial charge in [0.15, 0.2) is 12.2 Å². The Morgan fingerprint density at radius 1 is 0.395 bits per heavy atom. The molecule has 0 bridgehead atoms. The highest BCUT2D eigenvalue weighted by Crippen LogP contribution is 2.04. The van der Waals surface area contributed by atoms with Crippen molar-refractivity contribution in [1.29, 1.82) is 0 Å². The molecule has 0 rings (SSSR count). The van der Waals surface area contributed by atoms with Crippen molar-refractivity contribution >= 4 is 6.16 Å². The van der Waals surface area contributed by atoms with Crippen LogP contribution in [0, 0.1) is 0 Å². The molecule has 0 atom stereocenters. The summed E-state index contributed by atoms with van der Waals surface area (Å²) in [6.45, 7) is 2.35. The quantitative estimate of drug-likeness (QED) is 0.0554. The fraction of sp³-hybridized carbons (Fsp3) is 0.957. The number of rotatable bonds is 30. The van der Waals surface area contributed by atoms with Gasteiger partial charge >= 0.3 is 6.16 Å². The Morgan fingerprint density at radius 2 is 0.632 bits per heavy atom. The van der Waals surface area contributed by atoms with Crippen LogP contribution in [0.25, 0.3) is 0 Å². The van der Waals surface area contributed by atoms with E-state index in [0.717, 1.165) is 0 Å². The molecule has 0 aromatic carbocycles. The number of ether oxygens (including phenoxy) is 10. The molecule has 38 heavy (non-hydrogen) atoms. The molecule has 0 aromatic heterocycles. The van der Waals surface area contributed by atoms with Crippen molar-refractivity contribution in [3.8, 4) is 0 Å². The van der Waals surface area contributed by atoms with Gasteiger partial charge in [-0.2, -0.15) is 0 Å². The van der Waals surface area contributed by atoms with E-state index in [1.807, 2.05) is 0 Å². The molecule has 15 heteroatoms. The molecule has 0 saturated heterocycles. The topological polar surface area (TPSA) is 190 Å². The first-order valence-electron chi connectivity index (χ1n) is 12.6. The number of hydrogen-bond acceptors (Lipinski definition) is 15. The van der Waals surface area contributed by atoms with E-state index in [1.54, 1.807) is 0 Å². The first kappa shape index (κ1) is 36.8. The molecule has 0 aliphatic heterocycles. The third kappa shape index (κ3) is 26.4. The Bertz CT molecular complexity index is 414. The van der Waals surface area contributed by atoms with Crippen LogP contribution in [0.15, 0.2) is 0 Å². The van der Waals surface area contributed by atoms with Gasteiger partial charge in [0.25, 0.3) is 0 Å². The minimum Gasteiger partial charge on any atom is -0.426 e. The maximum absolute atomic E-state index is 12.5. The summed E-state index contributed by atoms with van der Waals surface area (Å²) in [6, 6.07) is 0. The van der Waals surface area contributed by atoms with Crippen LogP contribution in [0.3, 0.4) is 0 Å². The Labute approximate surface area is 223 Å². The lowest BCUT2D eigenvalue weighted by Crippen LogP contribution is -2.34. The van der Waals surface area contributed by atoms with Crippen molar-refractivity contribution < 1.29 is 72.6 Å². The second-order valence-electron chi connectivity index (χ2n) is 7.37. The van der Waals surface area contributed by atoms with E-state index in [-0.39, 0.29) is 132 Å². The zero-order valence-corrected chi connectivity index (χ0v) is 22.1. The van der Waals surface area contributed by atoms with Crippen molar-refractivity contribution in [1.82, 2.24) is 0 Å². The summed E-state index contributed by atoms with van der Waals surface area (Å²) in [6.07, 6.45) is -2.56. The molecule has 0 amide bonds. The van der Waals surface area contributed by atoms with Crippen LogP contribution in [-0.4, -0.2) is 171 Å². The maximum atomic E-state index is 12.5. The molecule has 0 spiro atoms. The van der Waals surface area contributed by atoms with Crippen LogP contribution in [0.4, 0.5) is 4.79 Å². The molecule has 228 valence electrons. The predicted octanol–water partition coefficient (Wildman–Crippen LogP) is -2.02. The highest BCUT2D eigenvalue weighted by Gasteiger charge is 2.21. The highest BCUT2D eigenvalue weighted by atomic mass is 16.7. The Balaban J connectivity index is 4.64. The summed E-state index contributed by atoms with van der Waals surface area (Å²) in [5, 5.41) is 34.9. The normalized spacial score (nSPS) is 11.5. The van der Waals surface area contributed by atoms with Crippen LogP contribution in [0.1, 0.15) is 0 Å². The lowest BCUT2D eigenvalue weighted by Gasteiger charge is -2.21. The minimum absolute atomic E-state index is 0.0111. The van der Waals surface area contributed by atoms with Gasteiger partial charge in [-0.15, -0.1) is 0 Å². The minimum atomic E-state index is -0.972. The summed E-state index contributed by atoms with van der Waals surface area (Å²) in [5.41, 5.74) is 0. The molecule has 0 saturated carbocycles. The fourth-order valence-electron chi connectivity index (χ4n) is 2.53. The van der Waals surface area contributed by atoms with Gasteiger partial charge in [0.2, 0.25) is 0 Å². The second-order valence-corrected chi connectivity index (χ2v) is 7.37. The summed E-state index contributed by atoms with van der Waals surface area (Å²) in [7, 11) is 0. The van der Waals surface area contributed by atoms with Crippen LogP contribution in [0.5, 0.6) is 0 Å². The van der Waals surface area contributed by atoms with Crippen molar-refractivity contribution in [2.24, 2.45) is 0 Å². The first-order valence-corrected chi connectivity index (χ1v) is 12.6. The van der Waals surface area contributed by atoms with Crippen LogP contribution in [0.2, 0.25) is 0 Å².